The van der Waals surface area contributed by atoms with Gasteiger partial charge in [-0.05, 0) is 11.1 Å². The normalized spacial score (nSPS) is 18.6. The van der Waals surface area contributed by atoms with Gasteiger partial charge in [0.05, 0.1) is 7.11 Å². The fourth-order valence-corrected chi connectivity index (χ4v) is 2.89. The van der Waals surface area contributed by atoms with Crippen LogP contribution in [-0.4, -0.2) is 55.7 Å². The molecule has 8 heteroatoms. The number of amides is 1. The molecule has 1 aromatic carbocycles. The van der Waals surface area contributed by atoms with Gasteiger partial charge in [-0.1, -0.05) is 24.3 Å². The fraction of sp³-hybridized carbons (Fsp3) is 0.389. The molecular formula is C18H19NO7. The molecule has 1 atom stereocenters. The molecular weight excluding hydrogens is 342 g/mol. The molecule has 1 amide bonds. The van der Waals surface area contributed by atoms with Crippen LogP contribution < -0.4 is 0 Å². The predicted octanol–water partition coefficient (Wildman–Crippen LogP) is 0.544. The van der Waals surface area contributed by atoms with Crippen molar-refractivity contribution in [3.63, 3.8) is 0 Å². The van der Waals surface area contributed by atoms with Crippen LogP contribution in [0.2, 0.25) is 0 Å². The minimum Gasteiger partial charge on any atom is -0.493 e. The molecule has 2 heterocycles. The zero-order valence-corrected chi connectivity index (χ0v) is 14.3. The first kappa shape index (κ1) is 17.8. The SMILES string of the molecule is COC(=O)[C@H]1Cc2ccccc2CN1C(=O)COC(=O)C1=COCCO1. The van der Waals surface area contributed by atoms with E-state index >= 15 is 0 Å². The number of methoxy groups -OCH3 is 1. The molecule has 0 fully saturated rings. The Morgan fingerprint density at radius 3 is 2.65 bits per heavy atom. The largest absolute Gasteiger partial charge is 0.493 e. The Morgan fingerprint density at radius 1 is 1.19 bits per heavy atom. The molecule has 0 radical (unpaired) electrons. The number of ether oxygens (including phenoxy) is 4. The first-order chi connectivity index (χ1) is 12.6. The number of nitrogens with zero attached hydrogens (tertiary/aromatic N) is 1. The Hall–Kier alpha value is -3.03. The zero-order valence-electron chi connectivity index (χ0n) is 14.3. The summed E-state index contributed by atoms with van der Waals surface area (Å²) in [6.45, 7) is 0.329. The molecule has 2 aliphatic heterocycles. The van der Waals surface area contributed by atoms with E-state index in [1.165, 1.54) is 12.0 Å². The lowest BCUT2D eigenvalue weighted by Crippen LogP contribution is -2.50. The van der Waals surface area contributed by atoms with Crippen molar-refractivity contribution in [3.8, 4) is 0 Å². The molecule has 26 heavy (non-hydrogen) atoms. The second-order valence-electron chi connectivity index (χ2n) is 5.81. The first-order valence-electron chi connectivity index (χ1n) is 8.16. The molecule has 0 unspecified atom stereocenters. The number of fused-ring (bicyclic) bond motifs is 1. The van der Waals surface area contributed by atoms with E-state index in [0.717, 1.165) is 17.4 Å². The van der Waals surface area contributed by atoms with E-state index in [2.05, 4.69) is 0 Å². The predicted molar refractivity (Wildman–Crippen MR) is 87.4 cm³/mol. The molecule has 3 rings (SSSR count). The minimum absolute atomic E-state index is 0.0856. The number of carbonyl (C=O) groups is 3. The van der Waals surface area contributed by atoms with Crippen molar-refractivity contribution >= 4 is 17.8 Å². The van der Waals surface area contributed by atoms with Gasteiger partial charge in [-0.3, -0.25) is 4.79 Å². The topological polar surface area (TPSA) is 91.4 Å². The quantitative estimate of drug-likeness (QED) is 0.723. The highest BCUT2D eigenvalue weighted by atomic mass is 16.6. The summed E-state index contributed by atoms with van der Waals surface area (Å²) >= 11 is 0. The second kappa shape index (κ2) is 7.90. The Kier molecular flexibility index (Phi) is 5.40. The molecule has 0 aromatic heterocycles. The summed E-state index contributed by atoms with van der Waals surface area (Å²) in [7, 11) is 1.28. The van der Waals surface area contributed by atoms with Crippen LogP contribution in [0.1, 0.15) is 11.1 Å². The second-order valence-corrected chi connectivity index (χ2v) is 5.81. The standard InChI is InChI=1S/C18H19NO7/c1-23-17(21)14-8-12-4-2-3-5-13(12)9-19(14)16(20)11-26-18(22)15-10-24-6-7-25-15/h2-5,10,14H,6-9,11H2,1H3/t14-/m1/s1. The Labute approximate surface area is 150 Å². The summed E-state index contributed by atoms with van der Waals surface area (Å²) in [5, 5.41) is 0. The molecule has 0 spiro atoms. The van der Waals surface area contributed by atoms with Gasteiger partial charge in [-0.2, -0.15) is 0 Å². The molecule has 8 nitrogen and oxygen atoms in total. The highest BCUT2D eigenvalue weighted by molar-refractivity contribution is 5.90. The first-order valence-corrected chi connectivity index (χ1v) is 8.16. The molecule has 0 saturated heterocycles. The van der Waals surface area contributed by atoms with E-state index in [9.17, 15) is 14.4 Å². The molecule has 2 aliphatic rings. The van der Waals surface area contributed by atoms with E-state index in [0.29, 0.717) is 13.0 Å². The molecule has 138 valence electrons. The van der Waals surface area contributed by atoms with Crippen LogP contribution in [0, 0.1) is 0 Å². The highest BCUT2D eigenvalue weighted by Crippen LogP contribution is 2.24. The van der Waals surface area contributed by atoms with E-state index < -0.39 is 30.5 Å². The van der Waals surface area contributed by atoms with Gasteiger partial charge in [0.15, 0.2) is 6.61 Å². The number of benzene rings is 1. The molecule has 0 saturated carbocycles. The van der Waals surface area contributed by atoms with Crippen molar-refractivity contribution in [3.05, 3.63) is 47.4 Å². The van der Waals surface area contributed by atoms with E-state index in [1.807, 2.05) is 24.3 Å². The lowest BCUT2D eigenvalue weighted by atomic mass is 9.94. The number of esters is 2. The average molecular weight is 361 g/mol. The highest BCUT2D eigenvalue weighted by Gasteiger charge is 2.35. The van der Waals surface area contributed by atoms with Crippen LogP contribution in [0.15, 0.2) is 36.3 Å². The molecule has 0 aliphatic carbocycles. The number of hydrogen-bond donors (Lipinski definition) is 0. The van der Waals surface area contributed by atoms with Gasteiger partial charge < -0.3 is 23.8 Å². The maximum Gasteiger partial charge on any atom is 0.377 e. The average Bonchev–Trinajstić information content (AvgIpc) is 2.70. The third kappa shape index (κ3) is 3.79. The van der Waals surface area contributed by atoms with Crippen LogP contribution in [0.3, 0.4) is 0 Å². The minimum atomic E-state index is -0.787. The lowest BCUT2D eigenvalue weighted by molar-refractivity contribution is -0.159. The van der Waals surface area contributed by atoms with Crippen molar-refractivity contribution in [1.82, 2.24) is 4.90 Å². The summed E-state index contributed by atoms with van der Waals surface area (Å²) in [4.78, 5) is 37.9. The van der Waals surface area contributed by atoms with Crippen LogP contribution in [-0.2, 0) is 46.3 Å². The van der Waals surface area contributed by atoms with Crippen LogP contribution in [0.5, 0.6) is 0 Å². The van der Waals surface area contributed by atoms with Gasteiger partial charge in [0, 0.05) is 13.0 Å². The van der Waals surface area contributed by atoms with Crippen molar-refractivity contribution in [2.24, 2.45) is 0 Å². The lowest BCUT2D eigenvalue weighted by Gasteiger charge is -2.35. The zero-order chi connectivity index (χ0) is 18.5. The summed E-state index contributed by atoms with van der Waals surface area (Å²) in [5.41, 5.74) is 1.93. The summed E-state index contributed by atoms with van der Waals surface area (Å²) in [5.74, 6) is -1.87. The molecule has 0 N–H and O–H groups in total. The monoisotopic (exact) mass is 361 g/mol. The van der Waals surface area contributed by atoms with E-state index in [4.69, 9.17) is 18.9 Å². The summed E-state index contributed by atoms with van der Waals surface area (Å²) < 4.78 is 19.9. The van der Waals surface area contributed by atoms with Gasteiger partial charge in [-0.25, -0.2) is 9.59 Å². The smallest absolute Gasteiger partial charge is 0.377 e. The van der Waals surface area contributed by atoms with Gasteiger partial charge in [0.25, 0.3) is 5.91 Å². The van der Waals surface area contributed by atoms with Crippen LogP contribution in [0.25, 0.3) is 0 Å². The van der Waals surface area contributed by atoms with Gasteiger partial charge in [-0.15, -0.1) is 0 Å². The fourth-order valence-electron chi connectivity index (χ4n) is 2.89. The van der Waals surface area contributed by atoms with Crippen LogP contribution in [0.4, 0.5) is 0 Å². The molecule has 1 aromatic rings. The van der Waals surface area contributed by atoms with Gasteiger partial charge in [0.1, 0.15) is 25.5 Å². The number of hydrogen-bond acceptors (Lipinski definition) is 7. The Balaban J connectivity index is 1.68. The van der Waals surface area contributed by atoms with E-state index in [1.54, 1.807) is 0 Å². The van der Waals surface area contributed by atoms with Crippen molar-refractivity contribution in [1.29, 1.82) is 0 Å². The maximum absolute atomic E-state index is 12.6. The Morgan fingerprint density at radius 2 is 1.96 bits per heavy atom. The van der Waals surface area contributed by atoms with Crippen LogP contribution >= 0.6 is 0 Å². The number of rotatable bonds is 4. The third-order valence-corrected chi connectivity index (χ3v) is 4.22. The molecule has 0 bridgehead atoms. The van der Waals surface area contributed by atoms with Gasteiger partial charge in [0.2, 0.25) is 5.76 Å². The Bertz CT molecular complexity index is 743. The van der Waals surface area contributed by atoms with E-state index in [-0.39, 0.29) is 18.9 Å². The third-order valence-electron chi connectivity index (χ3n) is 4.22. The maximum atomic E-state index is 12.6. The number of carbonyl (C=O) groups excluding carboxylic acids is 3. The van der Waals surface area contributed by atoms with Crippen molar-refractivity contribution in [2.45, 2.75) is 19.0 Å². The summed E-state index contributed by atoms with van der Waals surface area (Å²) in [6.07, 6.45) is 1.51. The van der Waals surface area contributed by atoms with Crippen molar-refractivity contribution in [2.75, 3.05) is 26.9 Å². The van der Waals surface area contributed by atoms with Crippen molar-refractivity contribution < 1.29 is 33.3 Å². The summed E-state index contributed by atoms with van der Waals surface area (Å²) in [6, 6.07) is 6.81. The van der Waals surface area contributed by atoms with Gasteiger partial charge >= 0.3 is 11.9 Å².